The molecule has 0 aromatic heterocycles. The molecule has 8 atom stereocenters. The summed E-state index contributed by atoms with van der Waals surface area (Å²) in [6, 6.07) is 21.6. The average molecular weight is 664 g/mol. The van der Waals surface area contributed by atoms with Crippen molar-refractivity contribution in [1.82, 2.24) is 0 Å². The van der Waals surface area contributed by atoms with E-state index in [0.29, 0.717) is 33.5 Å². The van der Waals surface area contributed by atoms with E-state index in [0.717, 1.165) is 0 Å². The fraction of sp³-hybridized carbons (Fsp3) is 0.306. The van der Waals surface area contributed by atoms with E-state index in [2.05, 4.69) is 0 Å². The number of hydrogen-bond acceptors (Lipinski definition) is 9. The molecule has 4 aromatic rings. The van der Waals surface area contributed by atoms with Crippen LogP contribution in [0.1, 0.15) is 47.8 Å². The third kappa shape index (κ3) is 6.63. The SMILES string of the molecule is O=C1O[C@H](CC[C@H](O)c2ccc(F)cc2)[C@@H](c2ccc(-c3ccc(C4O[C@H](CO)[C@@H](O)[C@H](O)[C@H]4O)cc3)cc2O)N1c1ccc(F)cc1. The zero-order chi connectivity index (χ0) is 34.1. The molecule has 6 N–H and O–H groups in total. The molecule has 6 rings (SSSR count). The Balaban J connectivity index is 1.26. The number of phenols is 1. The Labute approximate surface area is 274 Å². The molecule has 0 saturated carbocycles. The first kappa shape index (κ1) is 33.5. The molecule has 0 bridgehead atoms. The second kappa shape index (κ2) is 14.0. The van der Waals surface area contributed by atoms with Gasteiger partial charge >= 0.3 is 6.09 Å². The summed E-state index contributed by atoms with van der Waals surface area (Å²) in [5.41, 5.74) is 2.99. The minimum Gasteiger partial charge on any atom is -0.508 e. The van der Waals surface area contributed by atoms with Gasteiger partial charge in [0, 0.05) is 11.3 Å². The summed E-state index contributed by atoms with van der Waals surface area (Å²) < 4.78 is 38.6. The molecule has 2 aliphatic rings. The number of nitrogens with zero attached hydrogens (tertiary/aromatic N) is 1. The standard InChI is InChI=1S/C36H35F2NO9/c37-23-8-5-20(6-9-23)27(41)15-16-29-31(39(36(46)48-29)25-12-10-24(38)11-13-25)26-14-7-22(17-28(26)42)19-1-3-21(4-2-19)35-34(45)33(44)32(43)30(18-40)47-35/h1-14,17,27,29-35,40-45H,15-16,18H2/t27-,29+,30+,31+,32+,33-,34+,35?/m0/s1. The molecule has 1 unspecified atom stereocenters. The minimum absolute atomic E-state index is 0.148. The monoisotopic (exact) mass is 663 g/mol. The molecule has 0 spiro atoms. The quantitative estimate of drug-likeness (QED) is 0.152. The summed E-state index contributed by atoms with van der Waals surface area (Å²) in [4.78, 5) is 14.6. The molecule has 2 fully saturated rings. The number of carbonyl (C=O) groups is 1. The van der Waals surface area contributed by atoms with E-state index in [1.54, 1.807) is 36.4 Å². The lowest BCUT2D eigenvalue weighted by atomic mass is 9.90. The van der Waals surface area contributed by atoms with Gasteiger partial charge in [-0.15, -0.1) is 0 Å². The maximum absolute atomic E-state index is 13.8. The van der Waals surface area contributed by atoms with Gasteiger partial charge in [0.2, 0.25) is 0 Å². The van der Waals surface area contributed by atoms with Crippen LogP contribution in [-0.4, -0.2) is 73.9 Å². The number of rotatable bonds is 9. The van der Waals surface area contributed by atoms with Crippen LogP contribution in [0, 0.1) is 11.6 Å². The number of ether oxygens (including phenoxy) is 2. The van der Waals surface area contributed by atoms with Crippen LogP contribution in [0.15, 0.2) is 91.0 Å². The van der Waals surface area contributed by atoms with E-state index in [1.807, 2.05) is 0 Å². The first-order valence-electron chi connectivity index (χ1n) is 15.5. The number of cyclic esters (lactones) is 1. The highest BCUT2D eigenvalue weighted by Gasteiger charge is 2.45. The summed E-state index contributed by atoms with van der Waals surface area (Å²) >= 11 is 0. The van der Waals surface area contributed by atoms with Crippen LogP contribution in [0.3, 0.4) is 0 Å². The minimum atomic E-state index is -1.51. The van der Waals surface area contributed by atoms with Crippen LogP contribution in [0.5, 0.6) is 5.75 Å². The molecule has 2 saturated heterocycles. The van der Waals surface area contributed by atoms with Gasteiger partial charge in [0.15, 0.2) is 0 Å². The molecule has 48 heavy (non-hydrogen) atoms. The number of anilines is 1. The van der Waals surface area contributed by atoms with Crippen molar-refractivity contribution in [3.63, 3.8) is 0 Å². The number of hydrogen-bond donors (Lipinski definition) is 6. The molecule has 252 valence electrons. The highest BCUT2D eigenvalue weighted by molar-refractivity contribution is 5.91. The van der Waals surface area contributed by atoms with Crippen LogP contribution in [0.4, 0.5) is 19.3 Å². The second-order valence-electron chi connectivity index (χ2n) is 12.0. The zero-order valence-corrected chi connectivity index (χ0v) is 25.5. The Morgan fingerprint density at radius 2 is 1.40 bits per heavy atom. The molecule has 1 amide bonds. The molecule has 0 radical (unpaired) electrons. The van der Waals surface area contributed by atoms with E-state index in [9.17, 15) is 44.2 Å². The molecule has 4 aromatic carbocycles. The van der Waals surface area contributed by atoms with E-state index < -0.39 is 73.1 Å². The maximum Gasteiger partial charge on any atom is 0.415 e. The average Bonchev–Trinajstić information content (AvgIpc) is 3.42. The Morgan fingerprint density at radius 3 is 2.02 bits per heavy atom. The fourth-order valence-electron chi connectivity index (χ4n) is 6.34. The van der Waals surface area contributed by atoms with Crippen molar-refractivity contribution in [2.75, 3.05) is 11.5 Å². The third-order valence-electron chi connectivity index (χ3n) is 8.98. The number of aliphatic hydroxyl groups excluding tert-OH is 5. The van der Waals surface area contributed by atoms with Crippen LogP contribution in [0.25, 0.3) is 11.1 Å². The maximum atomic E-state index is 13.8. The normalized spacial score (nSPS) is 26.4. The summed E-state index contributed by atoms with van der Waals surface area (Å²) in [5, 5.41) is 62.4. The zero-order valence-electron chi connectivity index (χ0n) is 25.5. The summed E-state index contributed by atoms with van der Waals surface area (Å²) in [5.74, 6) is -1.08. The van der Waals surface area contributed by atoms with Crippen molar-refractivity contribution in [2.45, 2.75) is 61.6 Å². The largest absolute Gasteiger partial charge is 0.508 e. The summed E-state index contributed by atoms with van der Waals surface area (Å²) in [6.07, 6.45) is -8.59. The molecular formula is C36H35F2NO9. The Kier molecular flexibility index (Phi) is 9.74. The number of carbonyl (C=O) groups excluding carboxylic acids is 1. The lowest BCUT2D eigenvalue weighted by molar-refractivity contribution is -0.231. The molecule has 10 nitrogen and oxygen atoms in total. The van der Waals surface area contributed by atoms with Gasteiger partial charge in [-0.3, -0.25) is 4.90 Å². The number of aliphatic hydroxyl groups is 5. The van der Waals surface area contributed by atoms with Gasteiger partial charge in [-0.25, -0.2) is 13.6 Å². The van der Waals surface area contributed by atoms with Crippen molar-refractivity contribution in [2.24, 2.45) is 0 Å². The lowest BCUT2D eigenvalue weighted by Crippen LogP contribution is -2.55. The predicted octanol–water partition coefficient (Wildman–Crippen LogP) is 4.43. The van der Waals surface area contributed by atoms with Crippen molar-refractivity contribution >= 4 is 11.8 Å². The Hall–Kier alpha value is -4.43. The van der Waals surface area contributed by atoms with Gasteiger partial charge in [-0.05, 0) is 77.6 Å². The van der Waals surface area contributed by atoms with Crippen molar-refractivity contribution in [3.8, 4) is 16.9 Å². The van der Waals surface area contributed by atoms with Crippen LogP contribution in [0.2, 0.25) is 0 Å². The van der Waals surface area contributed by atoms with Gasteiger partial charge in [0.25, 0.3) is 0 Å². The Bertz CT molecular complexity index is 1720. The smallest absolute Gasteiger partial charge is 0.415 e. The summed E-state index contributed by atoms with van der Waals surface area (Å²) in [6.45, 7) is -0.545. The van der Waals surface area contributed by atoms with Gasteiger partial charge in [0.05, 0.1) is 12.7 Å². The number of benzene rings is 4. The van der Waals surface area contributed by atoms with Crippen LogP contribution < -0.4 is 4.90 Å². The van der Waals surface area contributed by atoms with Crippen molar-refractivity contribution < 1.29 is 53.7 Å². The van der Waals surface area contributed by atoms with Crippen molar-refractivity contribution in [1.29, 1.82) is 0 Å². The number of amides is 1. The Morgan fingerprint density at radius 1 is 0.771 bits per heavy atom. The molecular weight excluding hydrogens is 628 g/mol. The highest BCUT2D eigenvalue weighted by Crippen LogP contribution is 2.44. The first-order chi connectivity index (χ1) is 23.0. The van der Waals surface area contributed by atoms with Crippen molar-refractivity contribution in [3.05, 3.63) is 119 Å². The number of halogens is 2. The second-order valence-corrected chi connectivity index (χ2v) is 12.0. The van der Waals surface area contributed by atoms with Gasteiger partial charge in [0.1, 0.15) is 60.0 Å². The number of phenolic OH excluding ortho intramolecular Hbond substituents is 1. The summed E-state index contributed by atoms with van der Waals surface area (Å²) in [7, 11) is 0. The van der Waals surface area contributed by atoms with E-state index in [-0.39, 0.29) is 18.6 Å². The van der Waals surface area contributed by atoms with Gasteiger partial charge in [-0.2, -0.15) is 0 Å². The molecule has 12 heteroatoms. The molecule has 0 aliphatic carbocycles. The van der Waals surface area contributed by atoms with E-state index >= 15 is 0 Å². The van der Waals surface area contributed by atoms with Gasteiger partial charge in [-0.1, -0.05) is 48.5 Å². The first-order valence-corrected chi connectivity index (χ1v) is 15.5. The molecule has 2 heterocycles. The lowest BCUT2D eigenvalue weighted by Gasteiger charge is -2.40. The van der Waals surface area contributed by atoms with Gasteiger partial charge < -0.3 is 40.1 Å². The third-order valence-corrected chi connectivity index (χ3v) is 8.98. The number of aromatic hydroxyl groups is 1. The topological polar surface area (TPSA) is 160 Å². The van der Waals surface area contributed by atoms with E-state index in [1.165, 1.54) is 59.5 Å². The van der Waals surface area contributed by atoms with E-state index in [4.69, 9.17) is 9.47 Å². The predicted molar refractivity (Wildman–Crippen MR) is 169 cm³/mol. The van der Waals surface area contributed by atoms with Crippen LogP contribution >= 0.6 is 0 Å². The highest BCUT2D eigenvalue weighted by atomic mass is 19.1. The molecule has 2 aliphatic heterocycles. The van der Waals surface area contributed by atoms with Crippen LogP contribution in [-0.2, 0) is 9.47 Å². The fourth-order valence-corrected chi connectivity index (χ4v) is 6.34.